The summed E-state index contributed by atoms with van der Waals surface area (Å²) in [7, 11) is 0. The minimum absolute atomic E-state index is 0.0386. The molecule has 1 aliphatic carbocycles. The minimum Gasteiger partial charge on any atom is -0.245 e. The Morgan fingerprint density at radius 1 is 0.362 bits per heavy atom. The number of pyridine rings is 2. The van der Waals surface area contributed by atoms with Crippen LogP contribution in [0.3, 0.4) is 0 Å². The first kappa shape index (κ1) is 40.6. The highest BCUT2D eigenvalue weighted by atomic mass is 32.1. The molecule has 69 heavy (non-hydrogen) atoms. The Hall–Kier alpha value is -8.71. The number of nitrogens with zero attached hydrogens (tertiary/aromatic N) is 5. The van der Waals surface area contributed by atoms with Gasteiger partial charge in [0.2, 0.25) is 0 Å². The average molecular weight is 900 g/mol. The maximum atomic E-state index is 5.43. The van der Waals surface area contributed by atoms with Crippen molar-refractivity contribution in [2.45, 2.75) is 12.3 Å². The SMILES string of the molecule is C1=CC(c2nc(-c3ccccc3)nc(-c3ccc(-c4ccccc4)cc3)n2)CC=C1c1cc(-c2ccc3c(c2)sc2ccccc23)cc(-c2ccc3ccc4ccc(-c5ccccc5)nc4c3n2)c1. The molecule has 0 bridgehead atoms. The average Bonchev–Trinajstić information content (AvgIpc) is 3.81. The first-order chi connectivity index (χ1) is 34.1. The molecule has 4 aromatic heterocycles. The molecule has 13 rings (SSSR count). The third-order valence-electron chi connectivity index (χ3n) is 13.2. The first-order valence-corrected chi connectivity index (χ1v) is 24.1. The van der Waals surface area contributed by atoms with Crippen LogP contribution in [-0.4, -0.2) is 24.9 Å². The lowest BCUT2D eigenvalue weighted by Crippen LogP contribution is -2.08. The highest BCUT2D eigenvalue weighted by Gasteiger charge is 2.21. The van der Waals surface area contributed by atoms with Gasteiger partial charge in [-0.3, -0.25) is 0 Å². The predicted octanol–water partition coefficient (Wildman–Crippen LogP) is 16.5. The third-order valence-corrected chi connectivity index (χ3v) is 14.4. The van der Waals surface area contributed by atoms with Gasteiger partial charge in [-0.05, 0) is 82.3 Å². The lowest BCUT2D eigenvalue weighted by atomic mass is 9.89. The van der Waals surface area contributed by atoms with Crippen molar-refractivity contribution in [1.29, 1.82) is 0 Å². The summed E-state index contributed by atoms with van der Waals surface area (Å²) in [5, 5.41) is 4.70. The summed E-state index contributed by atoms with van der Waals surface area (Å²) in [5.74, 6) is 2.04. The molecule has 8 aromatic carbocycles. The minimum atomic E-state index is -0.0386. The van der Waals surface area contributed by atoms with Crippen LogP contribution in [0.15, 0.2) is 231 Å². The molecular formula is C63H41N5S. The Kier molecular flexibility index (Phi) is 10.1. The Morgan fingerprint density at radius 3 is 1.57 bits per heavy atom. The van der Waals surface area contributed by atoms with E-state index >= 15 is 0 Å². The Balaban J connectivity index is 0.895. The quantitative estimate of drug-likeness (QED) is 0.142. The van der Waals surface area contributed by atoms with Gasteiger partial charge in [0.15, 0.2) is 11.6 Å². The molecule has 0 radical (unpaired) electrons. The summed E-state index contributed by atoms with van der Waals surface area (Å²) in [6.45, 7) is 0. The fraction of sp³-hybridized carbons (Fsp3) is 0.0317. The summed E-state index contributed by atoms with van der Waals surface area (Å²) in [6, 6.07) is 74.8. The largest absolute Gasteiger partial charge is 0.245 e. The smallest absolute Gasteiger partial charge is 0.163 e. The highest BCUT2D eigenvalue weighted by Crippen LogP contribution is 2.40. The topological polar surface area (TPSA) is 64.5 Å². The number of aromatic nitrogens is 5. The van der Waals surface area contributed by atoms with Crippen LogP contribution in [0.5, 0.6) is 0 Å². The second-order valence-electron chi connectivity index (χ2n) is 17.6. The van der Waals surface area contributed by atoms with E-state index in [-0.39, 0.29) is 5.92 Å². The van der Waals surface area contributed by atoms with E-state index in [1.807, 2.05) is 41.7 Å². The molecule has 1 aliphatic rings. The van der Waals surface area contributed by atoms with E-state index in [2.05, 4.69) is 200 Å². The predicted molar refractivity (Wildman–Crippen MR) is 287 cm³/mol. The monoisotopic (exact) mass is 899 g/mol. The maximum absolute atomic E-state index is 5.43. The van der Waals surface area contributed by atoms with Gasteiger partial charge >= 0.3 is 0 Å². The van der Waals surface area contributed by atoms with Gasteiger partial charge < -0.3 is 0 Å². The normalized spacial score (nSPS) is 13.6. The van der Waals surface area contributed by atoms with Crippen LogP contribution in [0.2, 0.25) is 0 Å². The van der Waals surface area contributed by atoms with Crippen LogP contribution in [-0.2, 0) is 0 Å². The first-order valence-electron chi connectivity index (χ1n) is 23.3. The van der Waals surface area contributed by atoms with Gasteiger partial charge in [-0.2, -0.15) is 0 Å². The van der Waals surface area contributed by atoms with Crippen LogP contribution in [0.4, 0.5) is 0 Å². The lowest BCUT2D eigenvalue weighted by molar-refractivity contribution is 0.766. The van der Waals surface area contributed by atoms with Crippen LogP contribution < -0.4 is 0 Å². The van der Waals surface area contributed by atoms with Crippen molar-refractivity contribution >= 4 is 58.9 Å². The number of hydrogen-bond acceptors (Lipinski definition) is 6. The molecule has 4 heterocycles. The van der Waals surface area contributed by atoms with Gasteiger partial charge in [0.1, 0.15) is 5.82 Å². The van der Waals surface area contributed by atoms with Crippen molar-refractivity contribution in [3.05, 3.63) is 242 Å². The number of thiophene rings is 1. The zero-order valence-corrected chi connectivity index (χ0v) is 38.2. The molecule has 1 atom stereocenters. The molecule has 0 saturated carbocycles. The molecule has 0 aliphatic heterocycles. The number of benzene rings is 8. The van der Waals surface area contributed by atoms with Gasteiger partial charge in [0.05, 0.1) is 22.4 Å². The Bertz CT molecular complexity index is 3970. The molecule has 1 unspecified atom stereocenters. The fourth-order valence-electron chi connectivity index (χ4n) is 9.58. The van der Waals surface area contributed by atoms with E-state index in [0.29, 0.717) is 11.6 Å². The molecule has 6 heteroatoms. The second kappa shape index (κ2) is 17.2. The van der Waals surface area contributed by atoms with E-state index < -0.39 is 0 Å². The Labute approximate surface area is 403 Å². The molecule has 324 valence electrons. The molecule has 0 spiro atoms. The lowest BCUT2D eigenvalue weighted by Gasteiger charge is -2.18. The third kappa shape index (κ3) is 7.77. The summed E-state index contributed by atoms with van der Waals surface area (Å²) in [4.78, 5) is 25.9. The van der Waals surface area contributed by atoms with Crippen molar-refractivity contribution < 1.29 is 0 Å². The van der Waals surface area contributed by atoms with Crippen LogP contribution in [0.1, 0.15) is 23.7 Å². The number of allylic oxidation sites excluding steroid dienone is 4. The summed E-state index contributed by atoms with van der Waals surface area (Å²) in [6.07, 6.45) is 7.56. The summed E-state index contributed by atoms with van der Waals surface area (Å²) < 4.78 is 2.57. The zero-order valence-electron chi connectivity index (χ0n) is 37.4. The van der Waals surface area contributed by atoms with Gasteiger partial charge in [0.25, 0.3) is 0 Å². The number of hydrogen-bond donors (Lipinski definition) is 0. The molecular weight excluding hydrogens is 859 g/mol. The summed E-state index contributed by atoms with van der Waals surface area (Å²) >= 11 is 1.84. The fourth-order valence-corrected chi connectivity index (χ4v) is 10.7. The van der Waals surface area contributed by atoms with Crippen molar-refractivity contribution in [3.63, 3.8) is 0 Å². The highest BCUT2D eigenvalue weighted by molar-refractivity contribution is 7.25. The molecule has 5 nitrogen and oxygen atoms in total. The van der Waals surface area contributed by atoms with Crippen LogP contribution in [0, 0.1) is 0 Å². The van der Waals surface area contributed by atoms with E-state index in [1.165, 1.54) is 31.3 Å². The maximum Gasteiger partial charge on any atom is 0.163 e. The summed E-state index contributed by atoms with van der Waals surface area (Å²) in [5.41, 5.74) is 14.5. The second-order valence-corrected chi connectivity index (χ2v) is 18.7. The van der Waals surface area contributed by atoms with E-state index in [9.17, 15) is 0 Å². The van der Waals surface area contributed by atoms with Crippen molar-refractivity contribution in [2.75, 3.05) is 0 Å². The molecule has 0 fully saturated rings. The van der Waals surface area contributed by atoms with Gasteiger partial charge in [-0.25, -0.2) is 24.9 Å². The van der Waals surface area contributed by atoms with E-state index in [0.717, 1.165) is 90.0 Å². The van der Waals surface area contributed by atoms with Crippen molar-refractivity contribution in [2.24, 2.45) is 0 Å². The molecule has 0 saturated heterocycles. The van der Waals surface area contributed by atoms with E-state index in [1.54, 1.807) is 0 Å². The van der Waals surface area contributed by atoms with Crippen LogP contribution in [0.25, 0.3) is 115 Å². The molecule has 12 aromatic rings. The van der Waals surface area contributed by atoms with Gasteiger partial charge in [0, 0.05) is 59.1 Å². The zero-order chi connectivity index (χ0) is 45.7. The van der Waals surface area contributed by atoms with Crippen LogP contribution >= 0.6 is 11.3 Å². The molecule has 0 amide bonds. The number of fused-ring (bicyclic) bond motifs is 6. The Morgan fingerprint density at radius 2 is 0.884 bits per heavy atom. The standard InChI is InChI=1S/C63H41N5S/c1-4-12-40(13-5-1)41-20-26-47(27-21-41)62-66-61(46-16-8-3-9-17-46)67-63(68-62)48-28-22-42(23-29-48)50-36-51(49-30-33-54-53-18-10-11-19-57(53)69-58(54)39-49)38-52(37-50)56-35-32-45-25-24-44-31-34-55(43-14-6-2-7-15-43)64-59(44)60(45)65-56/h1-28,30-39,48H,29H2. The van der Waals surface area contributed by atoms with Gasteiger partial charge in [-0.1, -0.05) is 188 Å². The number of rotatable bonds is 8. The van der Waals surface area contributed by atoms with Gasteiger partial charge in [-0.15, -0.1) is 11.3 Å². The van der Waals surface area contributed by atoms with E-state index in [4.69, 9.17) is 24.9 Å². The molecule has 0 N–H and O–H groups in total. The van der Waals surface area contributed by atoms with Crippen molar-refractivity contribution in [3.8, 4) is 67.5 Å². The van der Waals surface area contributed by atoms with Crippen molar-refractivity contribution in [1.82, 2.24) is 24.9 Å².